The van der Waals surface area contributed by atoms with E-state index < -0.39 is 70.6 Å². The normalized spacial score (nSPS) is 22.6. The SMILES string of the molecule is C=CCC[C@@H]1C[C@H]1OC(=O)N[C@H](C(=O)N1C[C@H](Oc2nc3cc(C#N)ccc3nc2C(F)(F)C=C)[C@@H](CC)[C@H]1C(=O)OC(C)(C)C)C(C)(C)C. The third kappa shape index (κ3) is 8.76. The molecule has 1 aliphatic heterocycles. The maximum atomic E-state index is 15.3. The lowest BCUT2D eigenvalue weighted by Crippen LogP contribution is -2.58. The molecule has 1 saturated heterocycles. The van der Waals surface area contributed by atoms with Gasteiger partial charge in [-0.05, 0) is 82.1 Å². The maximum Gasteiger partial charge on any atom is 0.408 e. The topological polar surface area (TPSA) is 144 Å². The van der Waals surface area contributed by atoms with Crippen molar-refractivity contribution in [3.8, 4) is 11.9 Å². The van der Waals surface area contributed by atoms with Crippen molar-refractivity contribution in [1.82, 2.24) is 20.2 Å². The molecule has 11 nitrogen and oxygen atoms in total. The van der Waals surface area contributed by atoms with Crippen molar-refractivity contribution in [3.63, 3.8) is 0 Å². The van der Waals surface area contributed by atoms with Gasteiger partial charge in [-0.1, -0.05) is 40.3 Å². The molecular formula is C37H47F2N5O6. The number of nitriles is 1. The molecule has 1 N–H and O–H groups in total. The van der Waals surface area contributed by atoms with E-state index in [-0.39, 0.29) is 41.6 Å². The van der Waals surface area contributed by atoms with Gasteiger partial charge in [0.1, 0.15) is 29.9 Å². The standard InChI is InChI=1S/C37H47F2N5O6/c1-10-13-14-22-18-26(22)49-34(47)43-30(35(4,5)6)32(45)44-20-27(23(11-2)28(44)33(46)50-36(7,8)9)48-31-29(37(38,39)12-3)41-24-16-15-21(19-40)17-25(24)42-31/h10,12,15-17,22-23,26-28,30H,1,3,11,13-14,18,20H2,2,4-9H3,(H,43,47)/t22-,23-,26-,27+,28+,30-/m1/s1. The highest BCUT2D eigenvalue weighted by molar-refractivity contribution is 5.91. The van der Waals surface area contributed by atoms with Gasteiger partial charge >= 0.3 is 18.0 Å². The number of fused-ring (bicyclic) bond motifs is 1. The van der Waals surface area contributed by atoms with Crippen LogP contribution in [0.1, 0.15) is 85.4 Å². The monoisotopic (exact) mass is 695 g/mol. The quantitative estimate of drug-likeness (QED) is 0.192. The van der Waals surface area contributed by atoms with E-state index in [9.17, 15) is 19.6 Å². The minimum atomic E-state index is -3.65. The van der Waals surface area contributed by atoms with E-state index >= 15 is 8.78 Å². The Labute approximate surface area is 292 Å². The molecule has 1 aliphatic carbocycles. The summed E-state index contributed by atoms with van der Waals surface area (Å²) in [5.74, 6) is -5.98. The Morgan fingerprint density at radius 1 is 1.12 bits per heavy atom. The number of aromatic nitrogens is 2. The molecule has 13 heteroatoms. The number of alkyl halides is 2. The van der Waals surface area contributed by atoms with Crippen LogP contribution in [0.2, 0.25) is 0 Å². The van der Waals surface area contributed by atoms with Gasteiger partial charge in [-0.2, -0.15) is 14.0 Å². The number of ether oxygens (including phenoxy) is 3. The molecule has 1 aromatic heterocycles. The molecule has 0 unspecified atom stereocenters. The number of rotatable bonds is 12. The smallest absolute Gasteiger partial charge is 0.408 e. The molecular weight excluding hydrogens is 648 g/mol. The lowest BCUT2D eigenvalue weighted by molar-refractivity contribution is -0.165. The molecule has 1 saturated carbocycles. The minimum Gasteiger partial charge on any atom is -0.471 e. The van der Waals surface area contributed by atoms with E-state index in [1.54, 1.807) is 48.5 Å². The van der Waals surface area contributed by atoms with E-state index in [1.165, 1.54) is 23.1 Å². The van der Waals surface area contributed by atoms with Crippen molar-refractivity contribution in [2.75, 3.05) is 6.54 Å². The first-order valence-corrected chi connectivity index (χ1v) is 16.8. The van der Waals surface area contributed by atoms with Crippen LogP contribution in [0, 0.1) is 28.6 Å². The molecule has 270 valence electrons. The Bertz CT molecular complexity index is 1680. The number of hydrogen-bond acceptors (Lipinski definition) is 9. The van der Waals surface area contributed by atoms with E-state index in [2.05, 4.69) is 28.4 Å². The molecule has 50 heavy (non-hydrogen) atoms. The van der Waals surface area contributed by atoms with Gasteiger partial charge in [-0.15, -0.1) is 6.58 Å². The number of hydrogen-bond donors (Lipinski definition) is 1. The van der Waals surface area contributed by atoms with Gasteiger partial charge in [0.05, 0.1) is 29.2 Å². The number of carbonyl (C=O) groups is 3. The molecule has 2 aromatic rings. The van der Waals surface area contributed by atoms with Gasteiger partial charge in [-0.3, -0.25) is 4.79 Å². The van der Waals surface area contributed by atoms with Crippen LogP contribution in [0.4, 0.5) is 13.6 Å². The molecule has 4 rings (SSSR count). The van der Waals surface area contributed by atoms with Crippen LogP contribution in [0.15, 0.2) is 43.5 Å². The first-order valence-electron chi connectivity index (χ1n) is 16.8. The fourth-order valence-corrected chi connectivity index (χ4v) is 6.13. The minimum absolute atomic E-state index is 0.110. The van der Waals surface area contributed by atoms with Crippen LogP contribution in [-0.2, 0) is 25.0 Å². The average molecular weight is 696 g/mol. The van der Waals surface area contributed by atoms with Crippen LogP contribution in [0.25, 0.3) is 11.0 Å². The van der Waals surface area contributed by atoms with Gasteiger partial charge in [0.15, 0.2) is 5.69 Å². The number of likely N-dealkylation sites (tertiary alicyclic amines) is 1. The Morgan fingerprint density at radius 3 is 2.40 bits per heavy atom. The third-order valence-electron chi connectivity index (χ3n) is 8.83. The summed E-state index contributed by atoms with van der Waals surface area (Å²) in [6.45, 7) is 18.9. The number of allylic oxidation sites excluding steroid dienone is 2. The van der Waals surface area contributed by atoms with Crippen LogP contribution < -0.4 is 10.1 Å². The first-order chi connectivity index (χ1) is 23.3. The summed E-state index contributed by atoms with van der Waals surface area (Å²) in [4.78, 5) is 51.2. The molecule has 2 fully saturated rings. The molecule has 1 aromatic carbocycles. The summed E-state index contributed by atoms with van der Waals surface area (Å²) in [7, 11) is 0. The van der Waals surface area contributed by atoms with Gasteiger partial charge < -0.3 is 24.4 Å². The predicted octanol–water partition coefficient (Wildman–Crippen LogP) is 6.60. The summed E-state index contributed by atoms with van der Waals surface area (Å²) in [6, 6.07) is 3.92. The fourth-order valence-electron chi connectivity index (χ4n) is 6.13. The van der Waals surface area contributed by atoms with E-state index in [4.69, 9.17) is 14.2 Å². The second-order valence-electron chi connectivity index (χ2n) is 15.0. The number of carbonyl (C=O) groups excluding carboxylic acids is 3. The molecule has 6 atom stereocenters. The number of nitrogens with zero attached hydrogens (tertiary/aromatic N) is 4. The van der Waals surface area contributed by atoms with Gasteiger partial charge in [0, 0.05) is 5.92 Å². The van der Waals surface area contributed by atoms with Crippen molar-refractivity contribution < 1.29 is 37.4 Å². The molecule has 0 bridgehead atoms. The molecule has 2 amide bonds. The van der Waals surface area contributed by atoms with Crippen molar-refractivity contribution in [2.24, 2.45) is 17.3 Å². The van der Waals surface area contributed by atoms with Crippen LogP contribution in [-0.4, -0.2) is 69.3 Å². The summed E-state index contributed by atoms with van der Waals surface area (Å²) in [5, 5.41) is 12.1. The third-order valence-corrected chi connectivity index (χ3v) is 8.83. The van der Waals surface area contributed by atoms with Crippen LogP contribution in [0.3, 0.4) is 0 Å². The Balaban J connectivity index is 1.71. The van der Waals surface area contributed by atoms with E-state index in [1.807, 2.05) is 12.1 Å². The number of nitrogens with one attached hydrogen (secondary N) is 1. The van der Waals surface area contributed by atoms with Crippen LogP contribution >= 0.6 is 0 Å². The summed E-state index contributed by atoms with van der Waals surface area (Å²) in [6.07, 6.45) is 2.86. The number of benzene rings is 1. The van der Waals surface area contributed by atoms with Crippen molar-refractivity contribution in [1.29, 1.82) is 5.26 Å². The zero-order valence-electron chi connectivity index (χ0n) is 29.8. The molecule has 2 aliphatic rings. The van der Waals surface area contributed by atoms with Gasteiger partial charge in [0.2, 0.25) is 11.8 Å². The van der Waals surface area contributed by atoms with Crippen molar-refractivity contribution >= 4 is 29.0 Å². The summed E-state index contributed by atoms with van der Waals surface area (Å²) < 4.78 is 48.1. The number of alkyl carbamates (subject to hydrolysis) is 1. The largest absolute Gasteiger partial charge is 0.471 e. The number of halogens is 2. The number of amides is 2. The Kier molecular flexibility index (Phi) is 11.2. The van der Waals surface area contributed by atoms with E-state index in [0.29, 0.717) is 6.08 Å². The Morgan fingerprint density at radius 2 is 1.82 bits per heavy atom. The maximum absolute atomic E-state index is 15.3. The lowest BCUT2D eigenvalue weighted by atomic mass is 9.85. The Hall–Kier alpha value is -4.60. The van der Waals surface area contributed by atoms with Crippen LogP contribution in [0.5, 0.6) is 5.88 Å². The molecule has 0 spiro atoms. The van der Waals surface area contributed by atoms with Crippen molar-refractivity contribution in [2.45, 2.75) is 110 Å². The summed E-state index contributed by atoms with van der Waals surface area (Å²) in [5.41, 5.74) is -2.06. The highest BCUT2D eigenvalue weighted by Crippen LogP contribution is 2.40. The summed E-state index contributed by atoms with van der Waals surface area (Å²) >= 11 is 0. The fraction of sp³-hybridized carbons (Fsp3) is 0.568. The average Bonchev–Trinajstić information content (AvgIpc) is 3.66. The number of esters is 1. The second kappa shape index (κ2) is 14.7. The molecule has 2 heterocycles. The zero-order chi connectivity index (χ0) is 37.2. The van der Waals surface area contributed by atoms with E-state index in [0.717, 1.165) is 19.3 Å². The first kappa shape index (κ1) is 38.2. The van der Waals surface area contributed by atoms with Crippen molar-refractivity contribution in [3.05, 3.63) is 54.8 Å². The van der Waals surface area contributed by atoms with Gasteiger partial charge in [-0.25, -0.2) is 19.6 Å². The molecule has 0 radical (unpaired) electrons. The highest BCUT2D eigenvalue weighted by atomic mass is 19.3. The highest BCUT2D eigenvalue weighted by Gasteiger charge is 2.53. The zero-order valence-corrected chi connectivity index (χ0v) is 29.8. The second-order valence-corrected chi connectivity index (χ2v) is 15.0. The lowest BCUT2D eigenvalue weighted by Gasteiger charge is -2.36. The van der Waals surface area contributed by atoms with Gasteiger partial charge in [0.25, 0.3) is 0 Å². The predicted molar refractivity (Wildman–Crippen MR) is 182 cm³/mol.